The number of ether oxygens (including phenoxy) is 1. The molecule has 1 amide bonds. The third kappa shape index (κ3) is 2.84. The topological polar surface area (TPSA) is 118 Å². The molecule has 23 heavy (non-hydrogen) atoms. The summed E-state index contributed by atoms with van der Waals surface area (Å²) in [4.78, 5) is 24.4. The largest absolute Gasteiger partial charge is 0.477 e. The number of aliphatic hydroxyl groups is 1. The Morgan fingerprint density at radius 1 is 1.61 bits per heavy atom. The fourth-order valence-electron chi connectivity index (χ4n) is 2.38. The maximum absolute atomic E-state index is 11.7. The van der Waals surface area contributed by atoms with Crippen LogP contribution in [0.25, 0.3) is 0 Å². The quantitative estimate of drug-likeness (QED) is 0.517. The number of aromatic nitrogens is 3. The molecule has 1 fully saturated rings. The third-order valence-corrected chi connectivity index (χ3v) is 5.84. The molecule has 2 N–H and O–H groups in total. The summed E-state index contributed by atoms with van der Waals surface area (Å²) in [6.07, 6.45) is 0.410. The molecule has 1 saturated heterocycles. The monoisotopic (exact) mass is 358 g/mol. The Hall–Kier alpha value is -1.56. The molecule has 124 valence electrons. The highest BCUT2D eigenvalue weighted by molar-refractivity contribution is 8.01. The van der Waals surface area contributed by atoms with E-state index in [1.807, 2.05) is 0 Å². The zero-order valence-electron chi connectivity index (χ0n) is 12.1. The molecule has 2 aliphatic rings. The number of carbonyl (C=O) groups is 2. The van der Waals surface area contributed by atoms with Crippen molar-refractivity contribution in [1.29, 1.82) is 0 Å². The van der Waals surface area contributed by atoms with Gasteiger partial charge < -0.3 is 14.9 Å². The average molecular weight is 358 g/mol. The third-order valence-electron chi connectivity index (χ3n) is 3.45. The summed E-state index contributed by atoms with van der Waals surface area (Å²) in [6.45, 7) is 0.299. The number of nitrogens with zero attached hydrogens (tertiary/aromatic N) is 4. The summed E-state index contributed by atoms with van der Waals surface area (Å²) >= 11 is 2.68. The van der Waals surface area contributed by atoms with E-state index < -0.39 is 23.4 Å². The second-order valence-corrected chi connectivity index (χ2v) is 6.95. The molecule has 3 rings (SSSR count). The molecule has 0 spiro atoms. The number of methoxy groups -OCH3 is 1. The molecule has 0 aromatic carbocycles. The van der Waals surface area contributed by atoms with E-state index in [4.69, 9.17) is 4.74 Å². The minimum Gasteiger partial charge on any atom is -0.477 e. The highest BCUT2D eigenvalue weighted by Gasteiger charge is 2.52. The van der Waals surface area contributed by atoms with Crippen LogP contribution in [0, 0.1) is 0 Å². The number of thioether (sulfide) groups is 2. The number of aliphatic carboxylic acids is 1. The number of aliphatic hydroxyl groups excluding tert-OH is 1. The van der Waals surface area contributed by atoms with Crippen molar-refractivity contribution in [3.63, 3.8) is 0 Å². The van der Waals surface area contributed by atoms with Crippen LogP contribution in [0.2, 0.25) is 0 Å². The first-order chi connectivity index (χ1) is 11.0. The van der Waals surface area contributed by atoms with Crippen LogP contribution in [0.4, 0.5) is 0 Å². The first-order valence-corrected chi connectivity index (χ1v) is 8.65. The van der Waals surface area contributed by atoms with Gasteiger partial charge in [-0.3, -0.25) is 14.3 Å². The molecule has 0 unspecified atom stereocenters. The lowest BCUT2D eigenvalue weighted by Gasteiger charge is -2.47. The Kier molecular flexibility index (Phi) is 4.62. The van der Waals surface area contributed by atoms with Crippen molar-refractivity contribution in [1.82, 2.24) is 19.7 Å². The Labute approximate surface area is 139 Å². The Balaban J connectivity index is 1.78. The van der Waals surface area contributed by atoms with Gasteiger partial charge in [0.05, 0.1) is 0 Å². The molecule has 11 heteroatoms. The molecule has 1 aromatic rings. The lowest BCUT2D eigenvalue weighted by molar-refractivity contribution is -0.159. The number of rotatable bonds is 6. The van der Waals surface area contributed by atoms with Gasteiger partial charge in [0.2, 0.25) is 0 Å². The van der Waals surface area contributed by atoms with Gasteiger partial charge in [0.1, 0.15) is 24.1 Å². The summed E-state index contributed by atoms with van der Waals surface area (Å²) < 4.78 is 6.72. The van der Waals surface area contributed by atoms with E-state index in [-0.39, 0.29) is 5.70 Å². The summed E-state index contributed by atoms with van der Waals surface area (Å²) in [6, 6.07) is 0. The molecule has 0 radical (unpaired) electrons. The molecule has 3 heterocycles. The zero-order chi connectivity index (χ0) is 16.6. The average Bonchev–Trinajstić information content (AvgIpc) is 2.98. The van der Waals surface area contributed by atoms with Crippen LogP contribution in [0.15, 0.2) is 22.8 Å². The molecule has 0 saturated carbocycles. The smallest absolute Gasteiger partial charge is 0.352 e. The van der Waals surface area contributed by atoms with E-state index >= 15 is 0 Å². The molecule has 0 aliphatic carbocycles. The van der Waals surface area contributed by atoms with Gasteiger partial charge >= 0.3 is 5.97 Å². The van der Waals surface area contributed by atoms with Gasteiger partial charge in [-0.25, -0.2) is 4.79 Å². The fraction of sp³-hybridized carbons (Fsp3) is 0.500. The molecule has 2 atom stereocenters. The van der Waals surface area contributed by atoms with Gasteiger partial charge in [0.25, 0.3) is 5.91 Å². The maximum atomic E-state index is 11.7. The van der Waals surface area contributed by atoms with Crippen LogP contribution in [0.3, 0.4) is 0 Å². The Morgan fingerprint density at radius 3 is 3.09 bits per heavy atom. The molecular formula is C12H14N4O5S2. The lowest BCUT2D eigenvalue weighted by Crippen LogP contribution is -2.64. The van der Waals surface area contributed by atoms with E-state index in [1.54, 1.807) is 11.7 Å². The van der Waals surface area contributed by atoms with Crippen LogP contribution in [0.1, 0.15) is 0 Å². The van der Waals surface area contributed by atoms with Crippen LogP contribution < -0.4 is 0 Å². The zero-order valence-corrected chi connectivity index (χ0v) is 13.7. The standard InChI is InChI=1S/C12H14N4O5S2/c1-21-5-15-4-13-14-12(15)23-3-6-2-22-10-8(17)9(18)16(10)7(6)11(19)20/h4,8,10,17H,2-3,5H2,1H3,(H,19,20)/t8-,10+/m1/s1. The lowest BCUT2D eigenvalue weighted by atomic mass is 10.1. The van der Waals surface area contributed by atoms with Crippen molar-refractivity contribution in [3.05, 3.63) is 17.6 Å². The number of β-lactam (4-membered cyclic amide) rings is 1. The van der Waals surface area contributed by atoms with E-state index in [2.05, 4.69) is 10.2 Å². The first-order valence-electron chi connectivity index (χ1n) is 6.62. The fourth-order valence-corrected chi connectivity index (χ4v) is 4.69. The first kappa shape index (κ1) is 16.3. The minimum absolute atomic E-state index is 0.0330. The van der Waals surface area contributed by atoms with E-state index in [0.717, 1.165) is 4.90 Å². The number of amides is 1. The number of hydrogen-bond donors (Lipinski definition) is 2. The summed E-state index contributed by atoms with van der Waals surface area (Å²) in [5.41, 5.74) is 0.588. The summed E-state index contributed by atoms with van der Waals surface area (Å²) in [5.74, 6) is -0.920. The van der Waals surface area contributed by atoms with Crippen LogP contribution in [-0.2, 0) is 21.1 Å². The van der Waals surface area contributed by atoms with Crippen molar-refractivity contribution in [2.45, 2.75) is 23.4 Å². The minimum atomic E-state index is -1.16. The van der Waals surface area contributed by atoms with Crippen molar-refractivity contribution in [2.75, 3.05) is 18.6 Å². The van der Waals surface area contributed by atoms with E-state index in [1.165, 1.54) is 29.9 Å². The Morgan fingerprint density at radius 2 is 2.39 bits per heavy atom. The number of fused-ring (bicyclic) bond motifs is 1. The van der Waals surface area contributed by atoms with Crippen LogP contribution >= 0.6 is 23.5 Å². The van der Waals surface area contributed by atoms with E-state index in [9.17, 15) is 19.8 Å². The van der Waals surface area contributed by atoms with Gasteiger partial charge in [-0.05, 0) is 5.57 Å². The molecule has 1 aromatic heterocycles. The van der Waals surface area contributed by atoms with Gasteiger partial charge in [0.15, 0.2) is 11.3 Å². The molecule has 9 nitrogen and oxygen atoms in total. The molecule has 0 bridgehead atoms. The van der Waals surface area contributed by atoms with Crippen LogP contribution in [0.5, 0.6) is 0 Å². The van der Waals surface area contributed by atoms with Crippen molar-refractivity contribution in [3.8, 4) is 0 Å². The molecule has 2 aliphatic heterocycles. The second-order valence-electron chi connectivity index (χ2n) is 4.90. The summed E-state index contributed by atoms with van der Waals surface area (Å²) in [7, 11) is 1.55. The van der Waals surface area contributed by atoms with Crippen molar-refractivity contribution < 1.29 is 24.5 Å². The SMILES string of the molecule is COCn1cnnc1SCC1=C(C(=O)O)N2C(=O)[C@@H](O)[C@@H]2SC1. The number of carboxylic acid groups (broad SMARTS) is 1. The van der Waals surface area contributed by atoms with E-state index in [0.29, 0.717) is 29.0 Å². The van der Waals surface area contributed by atoms with Gasteiger partial charge in [-0.15, -0.1) is 22.0 Å². The number of hydrogen-bond acceptors (Lipinski definition) is 8. The van der Waals surface area contributed by atoms with Crippen molar-refractivity contribution in [2.24, 2.45) is 0 Å². The van der Waals surface area contributed by atoms with Gasteiger partial charge in [-0.2, -0.15) is 0 Å². The van der Waals surface area contributed by atoms with Crippen LogP contribution in [-0.4, -0.2) is 71.8 Å². The Bertz CT molecular complexity index is 676. The normalized spacial score (nSPS) is 23.7. The maximum Gasteiger partial charge on any atom is 0.352 e. The number of carboxylic acids is 1. The van der Waals surface area contributed by atoms with Gasteiger partial charge in [0, 0.05) is 18.6 Å². The summed E-state index contributed by atoms with van der Waals surface area (Å²) in [5, 5.41) is 26.9. The predicted octanol–water partition coefficient (Wildman–Crippen LogP) is -0.411. The number of carbonyl (C=O) groups excluding carboxylic acids is 1. The second kappa shape index (κ2) is 6.51. The van der Waals surface area contributed by atoms with Gasteiger partial charge in [-0.1, -0.05) is 11.8 Å². The predicted molar refractivity (Wildman–Crippen MR) is 81.5 cm³/mol. The highest BCUT2D eigenvalue weighted by Crippen LogP contribution is 2.41. The highest BCUT2D eigenvalue weighted by atomic mass is 32.2. The van der Waals surface area contributed by atoms with Crippen molar-refractivity contribution >= 4 is 35.4 Å². The molecular weight excluding hydrogens is 344 g/mol.